The second kappa shape index (κ2) is 17.9. The van der Waals surface area contributed by atoms with Crippen molar-refractivity contribution in [2.24, 2.45) is 0 Å². The summed E-state index contributed by atoms with van der Waals surface area (Å²) in [5.74, 6) is -1.86. The van der Waals surface area contributed by atoms with Crippen LogP contribution in [0.4, 0.5) is 9.59 Å². The number of hydrogen-bond acceptors (Lipinski definition) is 10. The number of carboxylic acid groups (broad SMARTS) is 1. The summed E-state index contributed by atoms with van der Waals surface area (Å²) in [6.45, 7) is 1.35. The fourth-order valence-corrected chi connectivity index (χ4v) is 2.00. The van der Waals surface area contributed by atoms with Crippen LogP contribution in [0.1, 0.15) is 38.5 Å². The molecule has 178 valence electrons. The molecule has 0 aromatic heterocycles. The summed E-state index contributed by atoms with van der Waals surface area (Å²) in [4.78, 5) is 58.5. The van der Waals surface area contributed by atoms with Crippen LogP contribution in [-0.4, -0.2) is 87.4 Å². The number of carboxylic acids is 1. The van der Waals surface area contributed by atoms with Crippen molar-refractivity contribution < 1.29 is 52.9 Å². The topological polar surface area (TPSA) is 167 Å². The number of hydrogen-bond donors (Lipinski definition) is 2. The van der Waals surface area contributed by atoms with Crippen LogP contribution in [0.2, 0.25) is 0 Å². The van der Waals surface area contributed by atoms with Gasteiger partial charge in [-0.2, -0.15) is 0 Å². The average Bonchev–Trinajstić information content (AvgIpc) is 3.03. The van der Waals surface area contributed by atoms with E-state index in [0.717, 1.165) is 12.8 Å². The Bertz CT molecular complexity index is 567. The van der Waals surface area contributed by atoms with Crippen LogP contribution in [0, 0.1) is 0 Å². The molecule has 0 spiro atoms. The van der Waals surface area contributed by atoms with Gasteiger partial charge in [-0.15, -0.1) is 0 Å². The van der Waals surface area contributed by atoms with Gasteiger partial charge in [0.1, 0.15) is 13.2 Å². The van der Waals surface area contributed by atoms with E-state index >= 15 is 0 Å². The molecule has 1 aliphatic heterocycles. The highest BCUT2D eigenvalue weighted by Crippen LogP contribution is 2.12. The number of aliphatic carboxylic acids is 1. The van der Waals surface area contributed by atoms with Gasteiger partial charge in [0.05, 0.1) is 13.2 Å². The van der Waals surface area contributed by atoms with E-state index in [9.17, 15) is 24.0 Å². The molecule has 0 bridgehead atoms. The zero-order valence-corrected chi connectivity index (χ0v) is 17.8. The number of methoxy groups -OCH3 is 2. The second-order valence-electron chi connectivity index (χ2n) is 6.02. The summed E-state index contributed by atoms with van der Waals surface area (Å²) in [6, 6.07) is 0. The number of rotatable bonds is 13. The van der Waals surface area contributed by atoms with Gasteiger partial charge in [0.2, 0.25) is 0 Å². The molecule has 3 amide bonds. The molecule has 0 aliphatic carbocycles. The molecule has 1 heterocycles. The van der Waals surface area contributed by atoms with E-state index in [2.05, 4.69) is 19.6 Å². The van der Waals surface area contributed by atoms with Gasteiger partial charge >= 0.3 is 18.2 Å². The monoisotopic (exact) mass is 450 g/mol. The van der Waals surface area contributed by atoms with Crippen molar-refractivity contribution in [1.82, 2.24) is 10.4 Å². The second-order valence-corrected chi connectivity index (χ2v) is 6.02. The first-order valence-electron chi connectivity index (χ1n) is 9.62. The van der Waals surface area contributed by atoms with Crippen LogP contribution >= 0.6 is 0 Å². The SMILES string of the molecule is COCCOC(=O)NCCCCCC(=O)O.COCCOC(=O)ON1C(=O)CCC1=O. The Kier molecular flexibility index (Phi) is 16.2. The highest BCUT2D eigenvalue weighted by Gasteiger charge is 2.33. The Morgan fingerprint density at radius 1 is 0.903 bits per heavy atom. The van der Waals surface area contributed by atoms with Crippen LogP contribution in [0.5, 0.6) is 0 Å². The third-order valence-electron chi connectivity index (χ3n) is 3.54. The van der Waals surface area contributed by atoms with Crippen LogP contribution < -0.4 is 5.32 Å². The molecule has 0 aromatic rings. The molecule has 1 saturated heterocycles. The number of imide groups is 1. The number of ether oxygens (including phenoxy) is 4. The predicted molar refractivity (Wildman–Crippen MR) is 103 cm³/mol. The van der Waals surface area contributed by atoms with Gasteiger partial charge in [-0.25, -0.2) is 9.59 Å². The minimum absolute atomic E-state index is 0.00551. The van der Waals surface area contributed by atoms with Crippen molar-refractivity contribution in [2.75, 3.05) is 47.2 Å². The first kappa shape index (κ1) is 28.1. The normalized spacial score (nSPS) is 12.6. The first-order chi connectivity index (χ1) is 14.8. The summed E-state index contributed by atoms with van der Waals surface area (Å²) in [5, 5.41) is 11.4. The van der Waals surface area contributed by atoms with Gasteiger partial charge in [-0.05, 0) is 12.8 Å². The van der Waals surface area contributed by atoms with E-state index < -0.39 is 30.0 Å². The molecule has 0 aromatic carbocycles. The number of nitrogens with one attached hydrogen (secondary N) is 1. The Hall–Kier alpha value is -2.93. The van der Waals surface area contributed by atoms with Crippen molar-refractivity contribution in [1.29, 1.82) is 0 Å². The molecule has 13 nitrogen and oxygen atoms in total. The van der Waals surface area contributed by atoms with E-state index in [4.69, 9.17) is 14.6 Å². The van der Waals surface area contributed by atoms with Crippen LogP contribution in [0.3, 0.4) is 0 Å². The zero-order valence-electron chi connectivity index (χ0n) is 17.8. The van der Waals surface area contributed by atoms with Crippen molar-refractivity contribution >= 4 is 30.0 Å². The standard InChI is InChI=1S/C10H19NO5.C8H11NO6/c1-15-7-8-16-10(14)11-6-4-2-3-5-9(12)13;1-13-4-5-14-8(12)15-9-6(10)2-3-7(9)11/h2-8H2,1H3,(H,11,14)(H,12,13);2-5H2,1H3. The number of carbonyl (C=O) groups excluding carboxylic acids is 4. The molecule has 2 N–H and O–H groups in total. The third kappa shape index (κ3) is 15.6. The summed E-state index contributed by atoms with van der Waals surface area (Å²) in [7, 11) is 2.98. The Labute approximate surface area is 179 Å². The summed E-state index contributed by atoms with van der Waals surface area (Å²) in [5.41, 5.74) is 0. The molecule has 1 aliphatic rings. The van der Waals surface area contributed by atoms with Crippen molar-refractivity contribution in [3.05, 3.63) is 0 Å². The molecule has 1 fully saturated rings. The van der Waals surface area contributed by atoms with Crippen molar-refractivity contribution in [3.8, 4) is 0 Å². The van der Waals surface area contributed by atoms with Gasteiger partial charge < -0.3 is 29.4 Å². The van der Waals surface area contributed by atoms with E-state index in [-0.39, 0.29) is 39.1 Å². The quantitative estimate of drug-likeness (QED) is 0.232. The largest absolute Gasteiger partial charge is 0.534 e. The maximum absolute atomic E-state index is 11.0. The third-order valence-corrected chi connectivity index (χ3v) is 3.54. The smallest absolute Gasteiger partial charge is 0.481 e. The lowest BCUT2D eigenvalue weighted by atomic mass is 10.2. The highest BCUT2D eigenvalue weighted by atomic mass is 16.8. The molecule has 0 radical (unpaired) electrons. The summed E-state index contributed by atoms with van der Waals surface area (Å²) in [6.07, 6.45) is 0.922. The van der Waals surface area contributed by atoms with E-state index in [1.54, 1.807) is 0 Å². The summed E-state index contributed by atoms with van der Waals surface area (Å²) < 4.78 is 18.6. The highest BCUT2D eigenvalue weighted by molar-refractivity contribution is 6.01. The molecular formula is C18H30N2O11. The van der Waals surface area contributed by atoms with Gasteiger partial charge in [0.15, 0.2) is 0 Å². The minimum atomic E-state index is -1.09. The Balaban J connectivity index is 0.000000581. The Morgan fingerprint density at radius 3 is 2.03 bits per heavy atom. The predicted octanol–water partition coefficient (Wildman–Crippen LogP) is 0.854. The van der Waals surface area contributed by atoms with Gasteiger partial charge in [-0.1, -0.05) is 11.5 Å². The van der Waals surface area contributed by atoms with E-state index in [1.807, 2.05) is 0 Å². The van der Waals surface area contributed by atoms with E-state index in [0.29, 0.717) is 24.6 Å². The molecule has 1 rings (SSSR count). The Morgan fingerprint density at radius 2 is 1.48 bits per heavy atom. The first-order valence-corrected chi connectivity index (χ1v) is 9.62. The number of unbranched alkanes of at least 4 members (excludes halogenated alkanes) is 2. The molecule has 31 heavy (non-hydrogen) atoms. The zero-order chi connectivity index (χ0) is 23.5. The minimum Gasteiger partial charge on any atom is -0.481 e. The van der Waals surface area contributed by atoms with E-state index in [1.165, 1.54) is 14.2 Å². The lowest BCUT2D eigenvalue weighted by Crippen LogP contribution is -2.32. The maximum atomic E-state index is 11.0. The molecular weight excluding hydrogens is 420 g/mol. The van der Waals surface area contributed by atoms with Crippen LogP contribution in [0.25, 0.3) is 0 Å². The number of carbonyl (C=O) groups is 5. The molecule has 13 heteroatoms. The van der Waals surface area contributed by atoms with Gasteiger partial charge in [0.25, 0.3) is 11.8 Å². The number of amides is 3. The maximum Gasteiger partial charge on any atom is 0.534 e. The van der Waals surface area contributed by atoms with Gasteiger partial charge in [0, 0.05) is 40.0 Å². The van der Waals surface area contributed by atoms with Crippen LogP contribution in [-0.2, 0) is 38.2 Å². The van der Waals surface area contributed by atoms with Crippen molar-refractivity contribution in [3.63, 3.8) is 0 Å². The van der Waals surface area contributed by atoms with Gasteiger partial charge in [-0.3, -0.25) is 19.2 Å². The number of nitrogens with zero attached hydrogens (tertiary/aromatic N) is 1. The lowest BCUT2D eigenvalue weighted by molar-refractivity contribution is -0.177. The molecule has 0 unspecified atom stereocenters. The molecule has 0 saturated carbocycles. The molecule has 0 atom stereocenters. The summed E-state index contributed by atoms with van der Waals surface area (Å²) >= 11 is 0. The average molecular weight is 450 g/mol. The van der Waals surface area contributed by atoms with Crippen LogP contribution in [0.15, 0.2) is 0 Å². The number of alkyl carbamates (subject to hydrolysis) is 1. The van der Waals surface area contributed by atoms with Crippen molar-refractivity contribution in [2.45, 2.75) is 38.5 Å². The fraction of sp³-hybridized carbons (Fsp3) is 0.722. The lowest BCUT2D eigenvalue weighted by Gasteiger charge is -2.11. The number of hydroxylamine groups is 2. The fourth-order valence-electron chi connectivity index (χ4n) is 2.00.